The normalized spacial score (nSPS) is 11.8. The molecule has 4 nitrogen and oxygen atoms in total. The SMILES string of the molecule is O=[N+]([O-])c1ccccc1-c1ccc2c(c1)C=Cc1ccccc1N2. The molecular formula is C20H14N2O2. The van der Waals surface area contributed by atoms with Gasteiger partial charge in [0, 0.05) is 17.4 Å². The highest BCUT2D eigenvalue weighted by Gasteiger charge is 2.16. The van der Waals surface area contributed by atoms with Gasteiger partial charge in [0.2, 0.25) is 0 Å². The van der Waals surface area contributed by atoms with Crippen LogP contribution < -0.4 is 5.32 Å². The molecule has 4 heteroatoms. The number of nitrogens with zero attached hydrogens (tertiary/aromatic N) is 1. The molecule has 3 aromatic rings. The van der Waals surface area contributed by atoms with E-state index in [2.05, 4.69) is 11.4 Å². The second-order valence-electron chi connectivity index (χ2n) is 5.62. The van der Waals surface area contributed by atoms with Crippen LogP contribution in [0.25, 0.3) is 23.3 Å². The standard InChI is InChI=1S/C20H14N2O2/c23-22(24)20-8-4-2-6-17(20)15-11-12-19-16(13-15)10-9-14-5-1-3-7-18(14)21-19/h1-13,21H. The predicted molar refractivity (Wildman–Crippen MR) is 97.2 cm³/mol. The van der Waals surface area contributed by atoms with Gasteiger partial charge in [-0.1, -0.05) is 48.6 Å². The van der Waals surface area contributed by atoms with Crippen LogP contribution in [-0.2, 0) is 0 Å². The van der Waals surface area contributed by atoms with Crippen LogP contribution in [0.4, 0.5) is 17.1 Å². The number of benzene rings is 3. The average molecular weight is 314 g/mol. The van der Waals surface area contributed by atoms with Crippen LogP contribution in [0.3, 0.4) is 0 Å². The number of para-hydroxylation sites is 2. The van der Waals surface area contributed by atoms with Crippen molar-refractivity contribution in [1.82, 2.24) is 0 Å². The van der Waals surface area contributed by atoms with Gasteiger partial charge in [-0.15, -0.1) is 0 Å². The zero-order valence-electron chi connectivity index (χ0n) is 12.8. The summed E-state index contributed by atoms with van der Waals surface area (Å²) in [5, 5.41) is 14.7. The summed E-state index contributed by atoms with van der Waals surface area (Å²) >= 11 is 0. The molecule has 1 N–H and O–H groups in total. The monoisotopic (exact) mass is 314 g/mol. The quantitative estimate of drug-likeness (QED) is 0.393. The molecule has 0 fully saturated rings. The molecule has 1 aliphatic heterocycles. The fourth-order valence-corrected chi connectivity index (χ4v) is 2.94. The van der Waals surface area contributed by atoms with Crippen molar-refractivity contribution in [1.29, 1.82) is 0 Å². The van der Waals surface area contributed by atoms with E-state index < -0.39 is 0 Å². The molecule has 0 unspecified atom stereocenters. The Labute approximate surface area is 139 Å². The minimum absolute atomic E-state index is 0.117. The van der Waals surface area contributed by atoms with E-state index in [1.807, 2.05) is 54.6 Å². The number of nitro groups is 1. The maximum absolute atomic E-state index is 11.3. The van der Waals surface area contributed by atoms with E-state index in [4.69, 9.17) is 0 Å². The first-order chi connectivity index (χ1) is 11.7. The van der Waals surface area contributed by atoms with Crippen molar-refractivity contribution in [3.63, 3.8) is 0 Å². The Bertz CT molecular complexity index is 977. The van der Waals surface area contributed by atoms with Crippen molar-refractivity contribution < 1.29 is 4.92 Å². The maximum atomic E-state index is 11.3. The van der Waals surface area contributed by atoms with Crippen molar-refractivity contribution >= 4 is 29.2 Å². The minimum atomic E-state index is -0.342. The number of anilines is 2. The Morgan fingerprint density at radius 2 is 1.50 bits per heavy atom. The van der Waals surface area contributed by atoms with E-state index in [9.17, 15) is 10.1 Å². The molecule has 0 aliphatic carbocycles. The van der Waals surface area contributed by atoms with Crippen molar-refractivity contribution in [2.24, 2.45) is 0 Å². The highest BCUT2D eigenvalue weighted by atomic mass is 16.6. The number of hydrogen-bond acceptors (Lipinski definition) is 3. The van der Waals surface area contributed by atoms with Gasteiger partial charge in [-0.25, -0.2) is 0 Å². The third-order valence-electron chi connectivity index (χ3n) is 4.14. The van der Waals surface area contributed by atoms with Crippen LogP contribution >= 0.6 is 0 Å². The molecule has 4 rings (SSSR count). The highest BCUT2D eigenvalue weighted by molar-refractivity contribution is 5.89. The predicted octanol–water partition coefficient (Wildman–Crippen LogP) is 5.49. The Morgan fingerprint density at radius 1 is 0.792 bits per heavy atom. The molecule has 1 aliphatic rings. The summed E-state index contributed by atoms with van der Waals surface area (Å²) in [6.45, 7) is 0. The second-order valence-corrected chi connectivity index (χ2v) is 5.62. The van der Waals surface area contributed by atoms with Gasteiger partial charge in [-0.2, -0.15) is 0 Å². The summed E-state index contributed by atoms with van der Waals surface area (Å²) in [4.78, 5) is 10.9. The number of nitrogens with one attached hydrogen (secondary N) is 1. The first kappa shape index (κ1) is 14.2. The summed E-state index contributed by atoms with van der Waals surface area (Å²) in [6, 6.07) is 20.7. The van der Waals surface area contributed by atoms with Crippen molar-refractivity contribution in [2.75, 3.05) is 5.32 Å². The molecule has 0 spiro atoms. The van der Waals surface area contributed by atoms with Crippen LogP contribution in [0.2, 0.25) is 0 Å². The molecule has 0 saturated carbocycles. The lowest BCUT2D eigenvalue weighted by Gasteiger charge is -2.11. The van der Waals surface area contributed by atoms with E-state index in [0.29, 0.717) is 5.56 Å². The fourth-order valence-electron chi connectivity index (χ4n) is 2.94. The molecule has 0 saturated heterocycles. The second kappa shape index (κ2) is 5.66. The minimum Gasteiger partial charge on any atom is -0.355 e. The Morgan fingerprint density at radius 3 is 2.38 bits per heavy atom. The van der Waals surface area contributed by atoms with Crippen molar-refractivity contribution in [2.45, 2.75) is 0 Å². The molecule has 0 radical (unpaired) electrons. The van der Waals surface area contributed by atoms with Gasteiger partial charge in [0.05, 0.1) is 10.5 Å². The van der Waals surface area contributed by atoms with Crippen molar-refractivity contribution in [3.8, 4) is 11.1 Å². The van der Waals surface area contributed by atoms with Crippen LogP contribution in [-0.4, -0.2) is 4.92 Å². The zero-order valence-corrected chi connectivity index (χ0v) is 12.8. The molecule has 0 aromatic heterocycles. The van der Waals surface area contributed by atoms with Gasteiger partial charge in [0.1, 0.15) is 0 Å². The van der Waals surface area contributed by atoms with E-state index in [1.54, 1.807) is 12.1 Å². The largest absolute Gasteiger partial charge is 0.355 e. The van der Waals surface area contributed by atoms with Crippen LogP contribution in [0.1, 0.15) is 11.1 Å². The van der Waals surface area contributed by atoms with Crippen LogP contribution in [0, 0.1) is 10.1 Å². The van der Waals surface area contributed by atoms with E-state index in [-0.39, 0.29) is 10.6 Å². The van der Waals surface area contributed by atoms with Gasteiger partial charge >= 0.3 is 0 Å². The van der Waals surface area contributed by atoms with Gasteiger partial charge in [-0.05, 0) is 41.0 Å². The maximum Gasteiger partial charge on any atom is 0.277 e. The van der Waals surface area contributed by atoms with Gasteiger partial charge in [0.15, 0.2) is 0 Å². The van der Waals surface area contributed by atoms with Gasteiger partial charge < -0.3 is 5.32 Å². The third-order valence-corrected chi connectivity index (χ3v) is 4.14. The summed E-state index contributed by atoms with van der Waals surface area (Å²) in [5.74, 6) is 0. The smallest absolute Gasteiger partial charge is 0.277 e. The summed E-state index contributed by atoms with van der Waals surface area (Å²) < 4.78 is 0. The molecule has 3 aromatic carbocycles. The van der Waals surface area contributed by atoms with Crippen molar-refractivity contribution in [3.05, 3.63) is 88.0 Å². The van der Waals surface area contributed by atoms with E-state index >= 15 is 0 Å². The van der Waals surface area contributed by atoms with Gasteiger partial charge in [0.25, 0.3) is 5.69 Å². The lowest BCUT2D eigenvalue weighted by molar-refractivity contribution is -0.384. The topological polar surface area (TPSA) is 55.2 Å². The zero-order chi connectivity index (χ0) is 16.5. The summed E-state index contributed by atoms with van der Waals surface area (Å²) in [6.07, 6.45) is 4.09. The molecule has 0 amide bonds. The molecule has 116 valence electrons. The number of rotatable bonds is 2. The average Bonchev–Trinajstić information content (AvgIpc) is 2.80. The summed E-state index contributed by atoms with van der Waals surface area (Å²) in [5.41, 5.74) is 5.72. The lowest BCUT2D eigenvalue weighted by atomic mass is 10.00. The highest BCUT2D eigenvalue weighted by Crippen LogP contribution is 2.35. The Kier molecular flexibility index (Phi) is 3.35. The fraction of sp³-hybridized carbons (Fsp3) is 0. The number of nitro benzene ring substituents is 1. The van der Waals surface area contributed by atoms with E-state index in [0.717, 1.165) is 28.1 Å². The van der Waals surface area contributed by atoms with Gasteiger partial charge in [-0.3, -0.25) is 10.1 Å². The third kappa shape index (κ3) is 2.44. The number of fused-ring (bicyclic) bond motifs is 2. The van der Waals surface area contributed by atoms with Crippen LogP contribution in [0.5, 0.6) is 0 Å². The molecule has 1 heterocycles. The van der Waals surface area contributed by atoms with E-state index in [1.165, 1.54) is 6.07 Å². The summed E-state index contributed by atoms with van der Waals surface area (Å²) in [7, 11) is 0. The Hall–Kier alpha value is -3.40. The molecule has 0 atom stereocenters. The molecule has 0 bridgehead atoms. The molecule has 24 heavy (non-hydrogen) atoms. The Balaban J connectivity index is 1.82. The lowest BCUT2D eigenvalue weighted by Crippen LogP contribution is -1.95. The molecular weight excluding hydrogens is 300 g/mol. The first-order valence-corrected chi connectivity index (χ1v) is 7.64. The van der Waals surface area contributed by atoms with Crippen LogP contribution in [0.15, 0.2) is 66.7 Å². The first-order valence-electron chi connectivity index (χ1n) is 7.64. The number of hydrogen-bond donors (Lipinski definition) is 1.